The van der Waals surface area contributed by atoms with Gasteiger partial charge in [-0.15, -0.1) is 0 Å². The molecule has 4 heteroatoms. The normalized spacial score (nSPS) is 9.21. The molecule has 0 radical (unpaired) electrons. The molecule has 0 aromatic heterocycles. The van der Waals surface area contributed by atoms with Crippen LogP contribution in [0.5, 0.6) is 0 Å². The summed E-state index contributed by atoms with van der Waals surface area (Å²) in [6, 6.07) is 7.18. The molecular formula is C10H8BrNO2. The van der Waals surface area contributed by atoms with E-state index in [0.29, 0.717) is 11.1 Å². The zero-order chi connectivity index (χ0) is 10.6. The van der Waals surface area contributed by atoms with Crippen molar-refractivity contribution in [3.05, 3.63) is 33.8 Å². The fourth-order valence-electron chi connectivity index (χ4n) is 1.09. The first-order chi connectivity index (χ1) is 6.69. The van der Waals surface area contributed by atoms with Gasteiger partial charge in [0.2, 0.25) is 0 Å². The largest absolute Gasteiger partial charge is 0.465 e. The quantitative estimate of drug-likeness (QED) is 0.761. The number of hydrogen-bond acceptors (Lipinski definition) is 3. The average molecular weight is 254 g/mol. The summed E-state index contributed by atoms with van der Waals surface area (Å²) >= 11 is 3.25. The van der Waals surface area contributed by atoms with Crippen molar-refractivity contribution in [1.29, 1.82) is 5.26 Å². The summed E-state index contributed by atoms with van der Waals surface area (Å²) in [5.74, 6) is -0.420. The van der Waals surface area contributed by atoms with Crippen LogP contribution in [0.3, 0.4) is 0 Å². The topological polar surface area (TPSA) is 50.1 Å². The molecule has 0 N–H and O–H groups in total. The Morgan fingerprint density at radius 1 is 1.64 bits per heavy atom. The van der Waals surface area contributed by atoms with Crippen molar-refractivity contribution in [1.82, 2.24) is 0 Å². The van der Waals surface area contributed by atoms with Crippen LogP contribution < -0.4 is 0 Å². The number of carbonyl (C=O) groups excluding carboxylic acids is 1. The summed E-state index contributed by atoms with van der Waals surface area (Å²) in [5.41, 5.74) is 1.12. The van der Waals surface area contributed by atoms with Crippen molar-refractivity contribution >= 4 is 21.9 Å². The third-order valence-electron chi connectivity index (χ3n) is 1.75. The van der Waals surface area contributed by atoms with Crippen LogP contribution >= 0.6 is 15.9 Å². The fourth-order valence-corrected chi connectivity index (χ4v) is 1.45. The first kappa shape index (κ1) is 10.7. The molecule has 0 spiro atoms. The van der Waals surface area contributed by atoms with E-state index < -0.39 is 5.97 Å². The molecule has 0 aliphatic carbocycles. The van der Waals surface area contributed by atoms with Gasteiger partial charge in [0.1, 0.15) is 0 Å². The van der Waals surface area contributed by atoms with Crippen LogP contribution in [0, 0.1) is 11.3 Å². The molecule has 0 bridgehead atoms. The lowest BCUT2D eigenvalue weighted by atomic mass is 10.1. The van der Waals surface area contributed by atoms with Crippen molar-refractivity contribution in [2.75, 3.05) is 7.11 Å². The Labute approximate surface area is 90.4 Å². The number of hydrogen-bond donors (Lipinski definition) is 0. The van der Waals surface area contributed by atoms with Crippen molar-refractivity contribution in [2.24, 2.45) is 0 Å². The molecule has 0 aliphatic rings. The maximum Gasteiger partial charge on any atom is 0.338 e. The van der Waals surface area contributed by atoms with E-state index in [2.05, 4.69) is 20.7 Å². The highest BCUT2D eigenvalue weighted by atomic mass is 79.9. The minimum absolute atomic E-state index is 0.206. The van der Waals surface area contributed by atoms with Gasteiger partial charge in [-0.2, -0.15) is 5.26 Å². The molecular weight excluding hydrogens is 246 g/mol. The zero-order valence-corrected chi connectivity index (χ0v) is 9.17. The molecule has 0 unspecified atom stereocenters. The molecule has 1 rings (SSSR count). The van der Waals surface area contributed by atoms with Gasteiger partial charge < -0.3 is 4.74 Å². The van der Waals surface area contributed by atoms with Crippen LogP contribution in [0.25, 0.3) is 0 Å². The molecule has 0 atom stereocenters. The Morgan fingerprint density at radius 2 is 2.36 bits per heavy atom. The first-order valence-electron chi connectivity index (χ1n) is 3.92. The summed E-state index contributed by atoms with van der Waals surface area (Å²) in [4.78, 5) is 11.3. The fraction of sp³-hybridized carbons (Fsp3) is 0.200. The second kappa shape index (κ2) is 4.77. The van der Waals surface area contributed by atoms with E-state index in [-0.39, 0.29) is 6.42 Å². The number of ether oxygens (including phenoxy) is 1. The van der Waals surface area contributed by atoms with E-state index in [9.17, 15) is 4.79 Å². The van der Waals surface area contributed by atoms with Crippen molar-refractivity contribution < 1.29 is 9.53 Å². The van der Waals surface area contributed by atoms with E-state index in [1.165, 1.54) is 7.11 Å². The van der Waals surface area contributed by atoms with Crippen LogP contribution in [0.2, 0.25) is 0 Å². The molecule has 0 amide bonds. The van der Waals surface area contributed by atoms with Crippen LogP contribution in [-0.4, -0.2) is 13.1 Å². The monoisotopic (exact) mass is 253 g/mol. The Bertz CT molecular complexity index is 396. The van der Waals surface area contributed by atoms with Gasteiger partial charge in [0.15, 0.2) is 0 Å². The second-order valence-corrected chi connectivity index (χ2v) is 3.54. The van der Waals surface area contributed by atoms with Gasteiger partial charge in [-0.25, -0.2) is 4.79 Å². The number of rotatable bonds is 2. The Morgan fingerprint density at radius 3 is 2.93 bits per heavy atom. The van der Waals surface area contributed by atoms with Crippen LogP contribution in [0.1, 0.15) is 15.9 Å². The lowest BCUT2D eigenvalue weighted by molar-refractivity contribution is 0.0599. The van der Waals surface area contributed by atoms with Crippen molar-refractivity contribution in [2.45, 2.75) is 6.42 Å². The predicted molar refractivity (Wildman–Crippen MR) is 54.8 cm³/mol. The molecule has 0 aliphatic heterocycles. The van der Waals surface area contributed by atoms with Gasteiger partial charge in [-0.05, 0) is 17.7 Å². The molecule has 1 aromatic rings. The van der Waals surface area contributed by atoms with Gasteiger partial charge in [0.05, 0.1) is 25.2 Å². The van der Waals surface area contributed by atoms with E-state index in [1.807, 2.05) is 6.07 Å². The third-order valence-corrected chi connectivity index (χ3v) is 2.24. The standard InChI is InChI=1S/C10H8BrNO2/c1-14-10(13)9-6-8(11)3-2-7(9)4-5-12/h2-3,6H,4H2,1H3. The maximum absolute atomic E-state index is 11.3. The number of esters is 1. The van der Waals surface area contributed by atoms with Gasteiger partial charge in [0, 0.05) is 4.47 Å². The molecule has 1 aromatic carbocycles. The van der Waals surface area contributed by atoms with E-state index in [4.69, 9.17) is 5.26 Å². The summed E-state index contributed by atoms with van der Waals surface area (Å²) in [5, 5.41) is 8.55. The highest BCUT2D eigenvalue weighted by Crippen LogP contribution is 2.17. The summed E-state index contributed by atoms with van der Waals surface area (Å²) < 4.78 is 5.40. The van der Waals surface area contributed by atoms with Crippen molar-refractivity contribution in [3.63, 3.8) is 0 Å². The molecule has 0 heterocycles. The number of nitrogens with zero attached hydrogens (tertiary/aromatic N) is 1. The number of methoxy groups -OCH3 is 1. The molecule has 3 nitrogen and oxygen atoms in total. The number of benzene rings is 1. The Balaban J connectivity index is 3.16. The molecule has 72 valence electrons. The third kappa shape index (κ3) is 2.33. The van der Waals surface area contributed by atoms with Gasteiger partial charge in [0.25, 0.3) is 0 Å². The van der Waals surface area contributed by atoms with E-state index in [0.717, 1.165) is 4.47 Å². The van der Waals surface area contributed by atoms with Gasteiger partial charge >= 0.3 is 5.97 Å². The Hall–Kier alpha value is -1.34. The summed E-state index contributed by atoms with van der Waals surface area (Å²) in [7, 11) is 1.32. The summed E-state index contributed by atoms with van der Waals surface area (Å²) in [6.45, 7) is 0. The molecule has 14 heavy (non-hydrogen) atoms. The molecule has 0 saturated carbocycles. The molecule has 0 fully saturated rings. The first-order valence-corrected chi connectivity index (χ1v) is 4.72. The van der Waals surface area contributed by atoms with E-state index in [1.54, 1.807) is 18.2 Å². The van der Waals surface area contributed by atoms with Gasteiger partial charge in [-0.1, -0.05) is 22.0 Å². The highest BCUT2D eigenvalue weighted by molar-refractivity contribution is 9.10. The van der Waals surface area contributed by atoms with Crippen LogP contribution in [0.15, 0.2) is 22.7 Å². The predicted octanol–water partition coefficient (Wildman–Crippen LogP) is 2.30. The number of nitriles is 1. The Kier molecular flexibility index (Phi) is 3.66. The van der Waals surface area contributed by atoms with E-state index >= 15 is 0 Å². The SMILES string of the molecule is COC(=O)c1cc(Br)ccc1CC#N. The van der Waals surface area contributed by atoms with Crippen LogP contribution in [-0.2, 0) is 11.2 Å². The minimum Gasteiger partial charge on any atom is -0.465 e. The minimum atomic E-state index is -0.420. The zero-order valence-electron chi connectivity index (χ0n) is 7.58. The second-order valence-electron chi connectivity index (χ2n) is 2.63. The molecule has 0 saturated heterocycles. The lowest BCUT2D eigenvalue weighted by Gasteiger charge is -2.04. The highest BCUT2D eigenvalue weighted by Gasteiger charge is 2.11. The van der Waals surface area contributed by atoms with Crippen molar-refractivity contribution in [3.8, 4) is 6.07 Å². The van der Waals surface area contributed by atoms with Gasteiger partial charge in [-0.3, -0.25) is 0 Å². The maximum atomic E-state index is 11.3. The number of carbonyl (C=O) groups is 1. The smallest absolute Gasteiger partial charge is 0.338 e. The van der Waals surface area contributed by atoms with Crippen LogP contribution in [0.4, 0.5) is 0 Å². The average Bonchev–Trinajstić information content (AvgIpc) is 2.20. The lowest BCUT2D eigenvalue weighted by Crippen LogP contribution is -2.05. The summed E-state index contributed by atoms with van der Waals surface area (Å²) in [6.07, 6.45) is 0.206. The number of halogens is 1.